The molecule has 3 rings (SSSR count). The zero-order valence-corrected chi connectivity index (χ0v) is 12.4. The Morgan fingerprint density at radius 1 is 1.22 bits per heavy atom. The maximum atomic E-state index is 10.8. The second-order valence-corrected chi connectivity index (χ2v) is 5.69. The number of hydroxylamine groups is 2. The first-order valence-electron chi connectivity index (χ1n) is 7.35. The van der Waals surface area contributed by atoms with Crippen molar-refractivity contribution in [1.82, 2.24) is 5.06 Å². The Labute approximate surface area is 133 Å². The van der Waals surface area contributed by atoms with Crippen molar-refractivity contribution in [1.29, 1.82) is 0 Å². The number of urea groups is 1. The Balaban J connectivity index is 1.64. The Kier molecular flexibility index (Phi) is 4.08. The molecule has 2 aromatic carbocycles. The van der Waals surface area contributed by atoms with E-state index in [0.717, 1.165) is 12.0 Å². The van der Waals surface area contributed by atoms with Crippen molar-refractivity contribution in [2.75, 3.05) is 6.54 Å². The summed E-state index contributed by atoms with van der Waals surface area (Å²) in [5, 5.41) is 19.2. The monoisotopic (exact) mass is 314 g/mol. The zero-order valence-electron chi connectivity index (χ0n) is 12.4. The first kappa shape index (κ1) is 15.2. The second kappa shape index (κ2) is 6.18. The van der Waals surface area contributed by atoms with E-state index in [0.29, 0.717) is 16.6 Å². The third-order valence-electron chi connectivity index (χ3n) is 3.94. The molecule has 1 saturated carbocycles. The van der Waals surface area contributed by atoms with Crippen LogP contribution >= 0.6 is 0 Å². The molecule has 0 aliphatic heterocycles. The van der Waals surface area contributed by atoms with Gasteiger partial charge in [-0.25, -0.2) is 9.86 Å². The average molecular weight is 314 g/mol. The highest BCUT2D eigenvalue weighted by Crippen LogP contribution is 2.48. The van der Waals surface area contributed by atoms with Crippen molar-refractivity contribution in [2.24, 2.45) is 11.7 Å². The van der Waals surface area contributed by atoms with Crippen LogP contribution in [0.25, 0.3) is 0 Å². The van der Waals surface area contributed by atoms with E-state index < -0.39 is 6.03 Å². The Morgan fingerprint density at radius 3 is 2.65 bits per heavy atom. The molecule has 6 nitrogen and oxygen atoms in total. The molecule has 0 aromatic heterocycles. The van der Waals surface area contributed by atoms with E-state index in [4.69, 9.17) is 10.5 Å². The summed E-state index contributed by atoms with van der Waals surface area (Å²) >= 11 is 0. The molecule has 1 aliphatic carbocycles. The van der Waals surface area contributed by atoms with Gasteiger partial charge in [-0.05, 0) is 60.2 Å². The molecule has 0 radical (unpaired) electrons. The molecule has 0 bridgehead atoms. The van der Waals surface area contributed by atoms with Crippen molar-refractivity contribution in [3.8, 4) is 17.2 Å². The first-order valence-corrected chi connectivity index (χ1v) is 7.35. The molecule has 120 valence electrons. The van der Waals surface area contributed by atoms with Gasteiger partial charge in [-0.3, -0.25) is 5.21 Å². The minimum absolute atomic E-state index is 0.190. The summed E-state index contributed by atoms with van der Waals surface area (Å²) in [6.45, 7) is 0.239. The number of hydrogen-bond acceptors (Lipinski definition) is 4. The van der Waals surface area contributed by atoms with E-state index in [9.17, 15) is 15.1 Å². The average Bonchev–Trinajstić information content (AvgIpc) is 3.29. The highest BCUT2D eigenvalue weighted by Gasteiger charge is 2.40. The van der Waals surface area contributed by atoms with Crippen LogP contribution in [0.15, 0.2) is 48.5 Å². The number of carbonyl (C=O) groups excluding carboxylic acids is 1. The number of ether oxygens (including phenoxy) is 1. The lowest BCUT2D eigenvalue weighted by atomic mass is 10.1. The van der Waals surface area contributed by atoms with Crippen LogP contribution in [0.5, 0.6) is 17.2 Å². The van der Waals surface area contributed by atoms with Crippen LogP contribution in [0.4, 0.5) is 4.79 Å². The van der Waals surface area contributed by atoms with E-state index in [2.05, 4.69) is 0 Å². The molecule has 0 heterocycles. The van der Waals surface area contributed by atoms with Gasteiger partial charge in [0.25, 0.3) is 0 Å². The minimum atomic E-state index is -0.833. The van der Waals surface area contributed by atoms with Gasteiger partial charge < -0.3 is 15.6 Å². The van der Waals surface area contributed by atoms with Gasteiger partial charge in [0.15, 0.2) is 0 Å². The Morgan fingerprint density at radius 2 is 1.96 bits per heavy atom. The number of hydrogen-bond donors (Lipinski definition) is 3. The van der Waals surface area contributed by atoms with Crippen LogP contribution in [0.1, 0.15) is 17.9 Å². The molecule has 1 aliphatic rings. The van der Waals surface area contributed by atoms with Crippen molar-refractivity contribution in [3.05, 3.63) is 54.1 Å². The fourth-order valence-electron chi connectivity index (χ4n) is 2.63. The van der Waals surface area contributed by atoms with Crippen molar-refractivity contribution in [2.45, 2.75) is 12.3 Å². The summed E-state index contributed by atoms with van der Waals surface area (Å²) in [4.78, 5) is 10.8. The summed E-state index contributed by atoms with van der Waals surface area (Å²) in [6.07, 6.45) is 0.896. The molecule has 0 spiro atoms. The lowest BCUT2D eigenvalue weighted by Crippen LogP contribution is -2.34. The van der Waals surface area contributed by atoms with Crippen LogP contribution in [0.2, 0.25) is 0 Å². The molecule has 23 heavy (non-hydrogen) atoms. The number of nitrogens with two attached hydrogens (primary N) is 1. The van der Waals surface area contributed by atoms with Crippen molar-refractivity contribution < 1.29 is 19.8 Å². The molecule has 1 fully saturated rings. The van der Waals surface area contributed by atoms with Gasteiger partial charge in [0.05, 0.1) is 6.54 Å². The van der Waals surface area contributed by atoms with E-state index in [1.165, 1.54) is 0 Å². The van der Waals surface area contributed by atoms with E-state index in [1.54, 1.807) is 24.3 Å². The third-order valence-corrected chi connectivity index (χ3v) is 3.94. The molecule has 2 unspecified atom stereocenters. The summed E-state index contributed by atoms with van der Waals surface area (Å²) < 4.78 is 5.76. The first-order chi connectivity index (χ1) is 11.0. The Hall–Kier alpha value is -2.73. The van der Waals surface area contributed by atoms with Gasteiger partial charge in [-0.1, -0.05) is 12.1 Å². The molecule has 0 saturated heterocycles. The number of benzene rings is 2. The molecular formula is C17H18N2O4. The van der Waals surface area contributed by atoms with Gasteiger partial charge in [-0.15, -0.1) is 0 Å². The number of carbonyl (C=O) groups is 1. The van der Waals surface area contributed by atoms with Gasteiger partial charge in [0.1, 0.15) is 17.2 Å². The number of aromatic hydroxyl groups is 1. The van der Waals surface area contributed by atoms with Crippen LogP contribution in [0, 0.1) is 5.92 Å². The highest BCUT2D eigenvalue weighted by molar-refractivity contribution is 5.70. The molecule has 6 heteroatoms. The number of amides is 2. The molecule has 2 atom stereocenters. The number of phenols is 1. The summed E-state index contributed by atoms with van der Waals surface area (Å²) in [5.74, 6) is 2.02. The van der Waals surface area contributed by atoms with E-state index in [1.807, 2.05) is 24.3 Å². The predicted molar refractivity (Wildman–Crippen MR) is 83.5 cm³/mol. The normalized spacial score (nSPS) is 19.2. The topological polar surface area (TPSA) is 96.0 Å². The quantitative estimate of drug-likeness (QED) is 0.584. The maximum Gasteiger partial charge on any atom is 0.338 e. The minimum Gasteiger partial charge on any atom is -0.508 e. The van der Waals surface area contributed by atoms with Gasteiger partial charge in [0.2, 0.25) is 0 Å². The fourth-order valence-corrected chi connectivity index (χ4v) is 2.63. The zero-order chi connectivity index (χ0) is 16.4. The van der Waals surface area contributed by atoms with Crippen LogP contribution in [-0.4, -0.2) is 28.0 Å². The van der Waals surface area contributed by atoms with Crippen molar-refractivity contribution >= 4 is 6.03 Å². The molecular weight excluding hydrogens is 296 g/mol. The lowest BCUT2D eigenvalue weighted by molar-refractivity contribution is -0.0431. The summed E-state index contributed by atoms with van der Waals surface area (Å²) in [7, 11) is 0. The number of rotatable bonds is 5. The number of primary amides is 1. The van der Waals surface area contributed by atoms with E-state index in [-0.39, 0.29) is 24.1 Å². The predicted octanol–water partition coefficient (Wildman–Crippen LogP) is 3.06. The smallest absolute Gasteiger partial charge is 0.338 e. The van der Waals surface area contributed by atoms with Crippen LogP contribution in [-0.2, 0) is 0 Å². The Bertz CT molecular complexity index is 702. The standard InChI is InChI=1S/C17H18N2O4/c18-17(21)19(22)10-12-9-16(12)11-2-1-3-15(8-11)23-14-6-4-13(20)5-7-14/h1-8,12,16,20,22H,9-10H2,(H2,18,21). The number of phenolic OH excluding ortho intramolecular Hbond substituents is 1. The van der Waals surface area contributed by atoms with Gasteiger partial charge in [-0.2, -0.15) is 0 Å². The summed E-state index contributed by atoms with van der Waals surface area (Å²) in [6, 6.07) is 13.4. The molecule has 2 amide bonds. The lowest BCUT2D eigenvalue weighted by Gasteiger charge is -2.11. The fraction of sp³-hybridized carbons (Fsp3) is 0.235. The molecule has 4 N–H and O–H groups in total. The summed E-state index contributed by atoms with van der Waals surface area (Å²) in [5.41, 5.74) is 6.12. The maximum absolute atomic E-state index is 10.8. The second-order valence-electron chi connectivity index (χ2n) is 5.69. The highest BCUT2D eigenvalue weighted by atomic mass is 16.5. The third kappa shape index (κ3) is 3.73. The van der Waals surface area contributed by atoms with E-state index >= 15 is 0 Å². The van der Waals surface area contributed by atoms with Gasteiger partial charge in [0, 0.05) is 0 Å². The van der Waals surface area contributed by atoms with Gasteiger partial charge >= 0.3 is 6.03 Å². The molecule has 2 aromatic rings. The van der Waals surface area contributed by atoms with Crippen molar-refractivity contribution in [3.63, 3.8) is 0 Å². The SMILES string of the molecule is NC(=O)N(O)CC1CC1c1cccc(Oc2ccc(O)cc2)c1. The number of nitrogens with zero attached hydrogens (tertiary/aromatic N) is 1. The van der Waals surface area contributed by atoms with Crippen LogP contribution in [0.3, 0.4) is 0 Å². The van der Waals surface area contributed by atoms with Crippen LogP contribution < -0.4 is 10.5 Å². The largest absolute Gasteiger partial charge is 0.508 e.